The number of pyridine rings is 1. The number of hydrogen-bond acceptors (Lipinski definition) is 5. The van der Waals surface area contributed by atoms with Gasteiger partial charge in [-0.3, -0.25) is 0 Å². The number of anilines is 1. The van der Waals surface area contributed by atoms with Crippen LogP contribution in [0.4, 0.5) is 5.69 Å². The van der Waals surface area contributed by atoms with Crippen molar-refractivity contribution in [3.8, 4) is 22.8 Å². The first-order valence-corrected chi connectivity index (χ1v) is 11.7. The molecule has 1 aliphatic heterocycles. The second-order valence-electron chi connectivity index (χ2n) is 7.27. The highest BCUT2D eigenvalue weighted by molar-refractivity contribution is 7.49. The van der Waals surface area contributed by atoms with Crippen LogP contribution in [0.3, 0.4) is 0 Å². The highest BCUT2D eigenvalue weighted by atomic mass is 35.5. The predicted octanol–water partition coefficient (Wildman–Crippen LogP) is 3.28. The van der Waals surface area contributed by atoms with Crippen molar-refractivity contribution in [1.82, 2.24) is 14.1 Å². The predicted molar refractivity (Wildman–Crippen MR) is 119 cm³/mol. The summed E-state index contributed by atoms with van der Waals surface area (Å²) in [6.45, 7) is 1.91. The summed E-state index contributed by atoms with van der Waals surface area (Å²) in [7, 11) is -1.08. The molecule has 3 aromatic rings. The van der Waals surface area contributed by atoms with Crippen LogP contribution in [0.15, 0.2) is 36.7 Å². The molecule has 0 saturated carbocycles. The minimum absolute atomic E-state index is 0.302. The summed E-state index contributed by atoms with van der Waals surface area (Å²) in [6, 6.07) is 7.45. The maximum Gasteiger partial charge on any atom is 0.403 e. The Labute approximate surface area is 185 Å². The minimum Gasteiger partial charge on any atom is -0.496 e. The largest absolute Gasteiger partial charge is 0.496 e. The standard InChI is InChI=1S/C20H24ClN4O5P/c1-29-18-12-19(30-2)16(21)11-15(18)17-13-24-7-4-14(10-20(24)22-17)23-5-3-6-25(9-8-23)31(26,27)28/h4,7,10-13H,3,5-6,8-9H2,1-2H3,(H2,26,27,28). The van der Waals surface area contributed by atoms with E-state index >= 15 is 0 Å². The van der Waals surface area contributed by atoms with Crippen LogP contribution in [0.2, 0.25) is 5.02 Å². The molecule has 0 unspecified atom stereocenters. The topological polar surface area (TPSA) is 99.8 Å². The van der Waals surface area contributed by atoms with Crippen molar-refractivity contribution in [3.05, 3.63) is 41.7 Å². The Kier molecular flexibility index (Phi) is 6.14. The Morgan fingerprint density at radius 3 is 2.55 bits per heavy atom. The maximum atomic E-state index is 11.6. The van der Waals surface area contributed by atoms with Crippen molar-refractivity contribution in [2.24, 2.45) is 0 Å². The third kappa shape index (κ3) is 4.51. The zero-order chi connectivity index (χ0) is 22.2. The van der Waals surface area contributed by atoms with Crippen LogP contribution in [0.1, 0.15) is 6.42 Å². The van der Waals surface area contributed by atoms with E-state index in [9.17, 15) is 14.4 Å². The lowest BCUT2D eigenvalue weighted by molar-refractivity contribution is 0.277. The van der Waals surface area contributed by atoms with E-state index in [-0.39, 0.29) is 0 Å². The van der Waals surface area contributed by atoms with Crippen molar-refractivity contribution < 1.29 is 23.8 Å². The molecule has 1 fully saturated rings. The number of nitrogens with zero attached hydrogens (tertiary/aromatic N) is 4. The number of aromatic nitrogens is 2. The summed E-state index contributed by atoms with van der Waals surface area (Å²) in [6.07, 6.45) is 4.49. The van der Waals surface area contributed by atoms with Crippen LogP contribution in [0, 0.1) is 0 Å². The van der Waals surface area contributed by atoms with E-state index in [4.69, 9.17) is 26.1 Å². The molecular weight excluding hydrogens is 443 g/mol. The molecule has 0 amide bonds. The number of methoxy groups -OCH3 is 2. The van der Waals surface area contributed by atoms with E-state index in [1.54, 1.807) is 26.4 Å². The average Bonchev–Trinajstić information content (AvgIpc) is 2.99. The van der Waals surface area contributed by atoms with Gasteiger partial charge >= 0.3 is 7.75 Å². The maximum absolute atomic E-state index is 11.6. The van der Waals surface area contributed by atoms with Crippen LogP contribution in [-0.4, -0.2) is 64.2 Å². The molecule has 1 aliphatic rings. The van der Waals surface area contributed by atoms with Crippen molar-refractivity contribution in [2.45, 2.75) is 6.42 Å². The molecule has 4 rings (SSSR count). The number of hydrogen-bond donors (Lipinski definition) is 2. The molecule has 31 heavy (non-hydrogen) atoms. The summed E-state index contributed by atoms with van der Waals surface area (Å²) in [5.74, 6) is 1.13. The molecule has 0 atom stereocenters. The van der Waals surface area contributed by atoms with Gasteiger partial charge in [0.2, 0.25) is 0 Å². The first kappa shape index (κ1) is 21.9. The first-order valence-electron chi connectivity index (χ1n) is 9.76. The Morgan fingerprint density at radius 2 is 1.84 bits per heavy atom. The molecule has 9 nitrogen and oxygen atoms in total. The number of benzene rings is 1. The van der Waals surface area contributed by atoms with Crippen LogP contribution >= 0.6 is 19.3 Å². The Balaban J connectivity index is 1.64. The van der Waals surface area contributed by atoms with Gasteiger partial charge in [-0.25, -0.2) is 14.2 Å². The molecule has 0 aliphatic carbocycles. The zero-order valence-electron chi connectivity index (χ0n) is 17.2. The van der Waals surface area contributed by atoms with Gasteiger partial charge in [0.25, 0.3) is 0 Å². The summed E-state index contributed by atoms with van der Waals surface area (Å²) in [5, 5.41) is 0.468. The summed E-state index contributed by atoms with van der Waals surface area (Å²) >= 11 is 6.31. The summed E-state index contributed by atoms with van der Waals surface area (Å²) < 4.78 is 25.5. The normalized spacial score (nSPS) is 15.8. The highest BCUT2D eigenvalue weighted by Crippen LogP contribution is 2.41. The third-order valence-electron chi connectivity index (χ3n) is 5.40. The van der Waals surface area contributed by atoms with Crippen molar-refractivity contribution in [1.29, 1.82) is 0 Å². The summed E-state index contributed by atoms with van der Waals surface area (Å²) in [4.78, 5) is 25.8. The van der Waals surface area contributed by atoms with E-state index in [1.165, 1.54) is 4.67 Å². The Bertz CT molecular complexity index is 1150. The Morgan fingerprint density at radius 1 is 1.06 bits per heavy atom. The van der Waals surface area contributed by atoms with Gasteiger partial charge in [0, 0.05) is 62.0 Å². The number of imidazole rings is 1. The van der Waals surface area contributed by atoms with Crippen LogP contribution < -0.4 is 14.4 Å². The fourth-order valence-corrected chi connectivity index (χ4v) is 4.77. The fourth-order valence-electron chi connectivity index (χ4n) is 3.78. The first-order chi connectivity index (χ1) is 14.8. The van der Waals surface area contributed by atoms with Gasteiger partial charge in [0.1, 0.15) is 17.1 Å². The lowest BCUT2D eigenvalue weighted by atomic mass is 10.1. The molecule has 11 heteroatoms. The van der Waals surface area contributed by atoms with Crippen LogP contribution in [-0.2, 0) is 4.57 Å². The van der Waals surface area contributed by atoms with Gasteiger partial charge in [-0.2, -0.15) is 0 Å². The molecule has 2 N–H and O–H groups in total. The lowest BCUT2D eigenvalue weighted by Crippen LogP contribution is -2.29. The summed E-state index contributed by atoms with van der Waals surface area (Å²) in [5.41, 5.74) is 3.17. The molecule has 1 aromatic carbocycles. The van der Waals surface area contributed by atoms with Crippen LogP contribution in [0.25, 0.3) is 16.9 Å². The molecule has 0 spiro atoms. The lowest BCUT2D eigenvalue weighted by Gasteiger charge is -2.23. The number of ether oxygens (including phenoxy) is 2. The molecule has 0 radical (unpaired) electrons. The van der Waals surface area contributed by atoms with Gasteiger partial charge in [0.15, 0.2) is 0 Å². The minimum atomic E-state index is -4.22. The second-order valence-corrected chi connectivity index (χ2v) is 9.27. The zero-order valence-corrected chi connectivity index (χ0v) is 18.9. The molecule has 1 saturated heterocycles. The van der Waals surface area contributed by atoms with E-state index in [2.05, 4.69) is 4.90 Å². The fraction of sp³-hybridized carbons (Fsp3) is 0.350. The van der Waals surface area contributed by atoms with E-state index in [0.717, 1.165) is 16.9 Å². The number of fused-ring (bicyclic) bond motifs is 1. The molecule has 166 valence electrons. The van der Waals surface area contributed by atoms with Gasteiger partial charge in [-0.15, -0.1) is 0 Å². The van der Waals surface area contributed by atoms with E-state index in [0.29, 0.717) is 54.8 Å². The van der Waals surface area contributed by atoms with Crippen molar-refractivity contribution >= 4 is 30.7 Å². The average molecular weight is 467 g/mol. The monoisotopic (exact) mass is 466 g/mol. The number of halogens is 1. The Hall–Kier alpha value is -2.29. The van der Waals surface area contributed by atoms with Gasteiger partial charge in [0.05, 0.1) is 24.9 Å². The van der Waals surface area contributed by atoms with Gasteiger partial charge in [-0.1, -0.05) is 11.6 Å². The quantitative estimate of drug-likeness (QED) is 0.553. The molecular formula is C20H24ClN4O5P. The van der Waals surface area contributed by atoms with Gasteiger partial charge < -0.3 is 28.6 Å². The van der Waals surface area contributed by atoms with Crippen molar-refractivity contribution in [3.63, 3.8) is 0 Å². The molecule has 3 heterocycles. The van der Waals surface area contributed by atoms with Gasteiger partial charge in [-0.05, 0) is 18.6 Å². The highest BCUT2D eigenvalue weighted by Gasteiger charge is 2.27. The van der Waals surface area contributed by atoms with E-state index in [1.807, 2.05) is 28.9 Å². The van der Waals surface area contributed by atoms with Crippen molar-refractivity contribution in [2.75, 3.05) is 45.3 Å². The third-order valence-corrected chi connectivity index (χ3v) is 6.83. The second kappa shape index (κ2) is 8.68. The van der Waals surface area contributed by atoms with Crippen LogP contribution in [0.5, 0.6) is 11.5 Å². The SMILES string of the molecule is COc1cc(OC)c(-c2cn3ccc(N4CCCN(P(=O)(O)O)CC4)cc3n2)cc1Cl. The smallest absolute Gasteiger partial charge is 0.403 e. The van der Waals surface area contributed by atoms with E-state index < -0.39 is 7.75 Å². The number of rotatable bonds is 5. The molecule has 2 aromatic heterocycles. The molecule has 0 bridgehead atoms.